The Kier molecular flexibility index (Phi) is 3.59. The Balaban J connectivity index is 2.15. The van der Waals surface area contributed by atoms with Crippen LogP contribution in [0.3, 0.4) is 0 Å². The van der Waals surface area contributed by atoms with Crippen LogP contribution in [-0.2, 0) is 11.2 Å². The van der Waals surface area contributed by atoms with Gasteiger partial charge in [0, 0.05) is 13.5 Å². The van der Waals surface area contributed by atoms with E-state index in [1.165, 1.54) is 0 Å². The first-order valence-corrected chi connectivity index (χ1v) is 5.39. The van der Waals surface area contributed by atoms with Gasteiger partial charge in [0.2, 0.25) is 0 Å². The molecule has 0 aromatic heterocycles. The number of benzene rings is 1. The van der Waals surface area contributed by atoms with Crippen molar-refractivity contribution in [2.75, 3.05) is 20.3 Å². The van der Waals surface area contributed by atoms with Crippen molar-refractivity contribution < 1.29 is 14.6 Å². The standard InChI is InChI=1S/C13H16O3/c1-15-6-2-3-10-4-5-13-11(7-10)8-12(14)9-16-13/h2-5,7,12,14H,6,8-9H2,1H3. The van der Waals surface area contributed by atoms with Crippen molar-refractivity contribution in [1.29, 1.82) is 0 Å². The van der Waals surface area contributed by atoms with Gasteiger partial charge in [-0.25, -0.2) is 0 Å². The summed E-state index contributed by atoms with van der Waals surface area (Å²) in [5.41, 5.74) is 2.17. The maximum Gasteiger partial charge on any atom is 0.122 e. The molecule has 0 radical (unpaired) electrons. The van der Waals surface area contributed by atoms with Crippen LogP contribution in [0.2, 0.25) is 0 Å². The molecule has 1 aliphatic heterocycles. The second-order valence-corrected chi connectivity index (χ2v) is 3.89. The molecule has 3 heteroatoms. The summed E-state index contributed by atoms with van der Waals surface area (Å²) in [5.74, 6) is 0.884. The number of rotatable bonds is 3. The average molecular weight is 220 g/mol. The van der Waals surface area contributed by atoms with Crippen molar-refractivity contribution in [1.82, 2.24) is 0 Å². The highest BCUT2D eigenvalue weighted by atomic mass is 16.5. The fourth-order valence-corrected chi connectivity index (χ4v) is 1.78. The van der Waals surface area contributed by atoms with Crippen molar-refractivity contribution >= 4 is 6.08 Å². The van der Waals surface area contributed by atoms with Crippen LogP contribution in [0.15, 0.2) is 24.3 Å². The van der Waals surface area contributed by atoms with E-state index in [1.807, 2.05) is 30.4 Å². The molecule has 0 amide bonds. The van der Waals surface area contributed by atoms with Crippen molar-refractivity contribution in [2.24, 2.45) is 0 Å². The van der Waals surface area contributed by atoms with Gasteiger partial charge in [0.25, 0.3) is 0 Å². The van der Waals surface area contributed by atoms with E-state index in [0.29, 0.717) is 19.6 Å². The fourth-order valence-electron chi connectivity index (χ4n) is 1.78. The molecule has 0 aliphatic carbocycles. The summed E-state index contributed by atoms with van der Waals surface area (Å²) in [7, 11) is 1.67. The molecule has 86 valence electrons. The van der Waals surface area contributed by atoms with E-state index >= 15 is 0 Å². The van der Waals surface area contributed by atoms with Gasteiger partial charge in [0.1, 0.15) is 12.4 Å². The number of hydrogen-bond donors (Lipinski definition) is 1. The third-order valence-corrected chi connectivity index (χ3v) is 2.54. The summed E-state index contributed by atoms with van der Waals surface area (Å²) in [5, 5.41) is 9.50. The zero-order valence-corrected chi connectivity index (χ0v) is 9.35. The lowest BCUT2D eigenvalue weighted by molar-refractivity contribution is 0.0921. The van der Waals surface area contributed by atoms with Gasteiger partial charge < -0.3 is 14.6 Å². The highest BCUT2D eigenvalue weighted by Gasteiger charge is 2.17. The summed E-state index contributed by atoms with van der Waals surface area (Å²) >= 11 is 0. The monoisotopic (exact) mass is 220 g/mol. The van der Waals surface area contributed by atoms with E-state index in [2.05, 4.69) is 0 Å². The van der Waals surface area contributed by atoms with E-state index < -0.39 is 0 Å². The first-order chi connectivity index (χ1) is 7.79. The minimum atomic E-state index is -0.384. The number of fused-ring (bicyclic) bond motifs is 1. The normalized spacial score (nSPS) is 19.5. The second-order valence-electron chi connectivity index (χ2n) is 3.89. The van der Waals surface area contributed by atoms with Gasteiger partial charge in [-0.15, -0.1) is 0 Å². The van der Waals surface area contributed by atoms with Gasteiger partial charge >= 0.3 is 0 Å². The molecule has 1 atom stereocenters. The van der Waals surface area contributed by atoms with Crippen LogP contribution in [0.25, 0.3) is 6.08 Å². The molecule has 0 spiro atoms. The molecule has 3 nitrogen and oxygen atoms in total. The highest BCUT2D eigenvalue weighted by molar-refractivity contribution is 5.54. The maximum atomic E-state index is 9.50. The van der Waals surface area contributed by atoms with Gasteiger partial charge in [-0.05, 0) is 23.3 Å². The molecule has 1 aliphatic rings. The summed E-state index contributed by atoms with van der Waals surface area (Å²) in [6, 6.07) is 6.00. The summed E-state index contributed by atoms with van der Waals surface area (Å²) in [6.45, 7) is 1.00. The summed E-state index contributed by atoms with van der Waals surface area (Å²) in [4.78, 5) is 0. The van der Waals surface area contributed by atoms with Crippen LogP contribution < -0.4 is 4.74 Å². The molecule has 1 unspecified atom stereocenters. The Bertz CT molecular complexity index is 385. The van der Waals surface area contributed by atoms with Crippen molar-refractivity contribution in [3.63, 3.8) is 0 Å². The third kappa shape index (κ3) is 2.62. The van der Waals surface area contributed by atoms with E-state index in [-0.39, 0.29) is 6.10 Å². The number of ether oxygens (including phenoxy) is 2. The Hall–Kier alpha value is -1.32. The van der Waals surface area contributed by atoms with Crippen LogP contribution in [-0.4, -0.2) is 31.5 Å². The zero-order valence-electron chi connectivity index (χ0n) is 9.35. The molecule has 16 heavy (non-hydrogen) atoms. The smallest absolute Gasteiger partial charge is 0.122 e. The molecular formula is C13H16O3. The number of aliphatic hydroxyl groups excluding tert-OH is 1. The van der Waals surface area contributed by atoms with Crippen LogP contribution in [0.4, 0.5) is 0 Å². The number of aliphatic hydroxyl groups is 1. The van der Waals surface area contributed by atoms with Gasteiger partial charge in [-0.2, -0.15) is 0 Å². The zero-order chi connectivity index (χ0) is 11.4. The Morgan fingerprint density at radius 3 is 3.25 bits per heavy atom. The predicted octanol–water partition coefficient (Wildman–Crippen LogP) is 1.64. The Morgan fingerprint density at radius 2 is 2.44 bits per heavy atom. The van der Waals surface area contributed by atoms with Gasteiger partial charge in [0.15, 0.2) is 0 Å². The minimum absolute atomic E-state index is 0.384. The number of methoxy groups -OCH3 is 1. The largest absolute Gasteiger partial charge is 0.491 e. The van der Waals surface area contributed by atoms with Crippen LogP contribution in [0, 0.1) is 0 Å². The molecule has 0 saturated carbocycles. The Labute approximate surface area is 95.3 Å². The van der Waals surface area contributed by atoms with Gasteiger partial charge in [0.05, 0.1) is 12.7 Å². The van der Waals surface area contributed by atoms with Crippen LogP contribution in [0.1, 0.15) is 11.1 Å². The van der Waals surface area contributed by atoms with Crippen LogP contribution in [0.5, 0.6) is 5.75 Å². The molecule has 0 bridgehead atoms. The molecule has 2 rings (SSSR count). The first-order valence-electron chi connectivity index (χ1n) is 5.39. The maximum absolute atomic E-state index is 9.50. The fraction of sp³-hybridized carbons (Fsp3) is 0.385. The summed E-state index contributed by atoms with van der Waals surface area (Å²) in [6.07, 6.45) is 4.25. The SMILES string of the molecule is COCC=Cc1ccc2c(c1)CC(O)CO2. The predicted molar refractivity (Wildman–Crippen MR) is 62.6 cm³/mol. The van der Waals surface area contributed by atoms with Crippen molar-refractivity contribution in [3.8, 4) is 5.75 Å². The molecule has 0 fully saturated rings. The topological polar surface area (TPSA) is 38.7 Å². The molecule has 1 aromatic rings. The molecule has 1 aromatic carbocycles. The molecule has 1 N–H and O–H groups in total. The van der Waals surface area contributed by atoms with Gasteiger partial charge in [-0.1, -0.05) is 18.2 Å². The Morgan fingerprint density at radius 1 is 1.56 bits per heavy atom. The lowest BCUT2D eigenvalue weighted by atomic mass is 10.0. The van der Waals surface area contributed by atoms with Crippen molar-refractivity contribution in [3.05, 3.63) is 35.4 Å². The van der Waals surface area contributed by atoms with Crippen LogP contribution >= 0.6 is 0 Å². The average Bonchev–Trinajstić information content (AvgIpc) is 2.29. The lowest BCUT2D eigenvalue weighted by Gasteiger charge is -2.21. The van der Waals surface area contributed by atoms with Gasteiger partial charge in [-0.3, -0.25) is 0 Å². The molecular weight excluding hydrogens is 204 g/mol. The molecule has 0 saturated heterocycles. The van der Waals surface area contributed by atoms with E-state index in [4.69, 9.17) is 9.47 Å². The number of hydrogen-bond acceptors (Lipinski definition) is 3. The second kappa shape index (κ2) is 5.14. The summed E-state index contributed by atoms with van der Waals surface area (Å²) < 4.78 is 10.4. The van der Waals surface area contributed by atoms with E-state index in [0.717, 1.165) is 16.9 Å². The quantitative estimate of drug-likeness (QED) is 0.841. The van der Waals surface area contributed by atoms with Crippen molar-refractivity contribution in [2.45, 2.75) is 12.5 Å². The van der Waals surface area contributed by atoms with E-state index in [1.54, 1.807) is 7.11 Å². The first kappa shape index (κ1) is 11.2. The lowest BCUT2D eigenvalue weighted by Crippen LogP contribution is -2.25. The third-order valence-electron chi connectivity index (χ3n) is 2.54. The minimum Gasteiger partial charge on any atom is -0.491 e. The molecule has 1 heterocycles. The highest BCUT2D eigenvalue weighted by Crippen LogP contribution is 2.26. The van der Waals surface area contributed by atoms with E-state index in [9.17, 15) is 5.11 Å².